The van der Waals surface area contributed by atoms with E-state index in [-0.39, 0.29) is 0 Å². The molecule has 3 nitrogen and oxygen atoms in total. The summed E-state index contributed by atoms with van der Waals surface area (Å²) >= 11 is 0. The Morgan fingerprint density at radius 2 is 1.85 bits per heavy atom. The normalized spacial score (nSPS) is 24.8. The zero-order valence-electron chi connectivity index (χ0n) is 12.8. The highest BCUT2D eigenvalue weighted by Crippen LogP contribution is 2.35. The Kier molecular flexibility index (Phi) is 5.44. The van der Waals surface area contributed by atoms with Gasteiger partial charge in [0, 0.05) is 23.7 Å². The summed E-state index contributed by atoms with van der Waals surface area (Å²) in [5.74, 6) is 0.422. The lowest BCUT2D eigenvalue weighted by Gasteiger charge is -2.40. The molecule has 0 aliphatic heterocycles. The standard InChI is InChI=1S/C17H28N2O/c1-3-16(15-7-5-6-8-17(15)20)19(4-2)14-11-9-13(18)10-12-14/h5-8,13-14,16,20H,3-4,9-12,18H2,1-2H3. The van der Waals surface area contributed by atoms with E-state index in [0.29, 0.717) is 23.9 Å². The van der Waals surface area contributed by atoms with Crippen molar-refractivity contribution in [1.29, 1.82) is 0 Å². The fourth-order valence-corrected chi connectivity index (χ4v) is 3.57. The molecule has 1 saturated carbocycles. The highest BCUT2D eigenvalue weighted by atomic mass is 16.3. The first kappa shape index (κ1) is 15.3. The van der Waals surface area contributed by atoms with E-state index in [0.717, 1.165) is 31.4 Å². The second kappa shape index (κ2) is 7.09. The molecule has 1 aromatic carbocycles. The van der Waals surface area contributed by atoms with Gasteiger partial charge < -0.3 is 10.8 Å². The fourth-order valence-electron chi connectivity index (χ4n) is 3.57. The van der Waals surface area contributed by atoms with Gasteiger partial charge in [-0.15, -0.1) is 0 Å². The average molecular weight is 276 g/mol. The first-order valence-electron chi connectivity index (χ1n) is 7.96. The predicted molar refractivity (Wildman–Crippen MR) is 83.8 cm³/mol. The van der Waals surface area contributed by atoms with Crippen LogP contribution in [-0.4, -0.2) is 28.6 Å². The van der Waals surface area contributed by atoms with E-state index < -0.39 is 0 Å². The van der Waals surface area contributed by atoms with Crippen LogP contribution < -0.4 is 5.73 Å². The van der Waals surface area contributed by atoms with E-state index in [1.165, 1.54) is 12.8 Å². The van der Waals surface area contributed by atoms with Gasteiger partial charge in [0.05, 0.1) is 0 Å². The molecule has 0 amide bonds. The first-order chi connectivity index (χ1) is 9.67. The van der Waals surface area contributed by atoms with Crippen LogP contribution in [0.4, 0.5) is 0 Å². The smallest absolute Gasteiger partial charge is 0.120 e. The van der Waals surface area contributed by atoms with Gasteiger partial charge in [0.1, 0.15) is 5.75 Å². The minimum atomic E-state index is 0.306. The Morgan fingerprint density at radius 1 is 1.20 bits per heavy atom. The van der Waals surface area contributed by atoms with E-state index in [1.54, 1.807) is 6.07 Å². The molecule has 1 unspecified atom stereocenters. The molecule has 0 aromatic heterocycles. The third-order valence-electron chi connectivity index (χ3n) is 4.66. The summed E-state index contributed by atoms with van der Waals surface area (Å²) in [6, 6.07) is 9.05. The lowest BCUT2D eigenvalue weighted by molar-refractivity contribution is 0.101. The summed E-state index contributed by atoms with van der Waals surface area (Å²) in [6.07, 6.45) is 5.63. The van der Waals surface area contributed by atoms with Crippen LogP contribution in [0.3, 0.4) is 0 Å². The minimum Gasteiger partial charge on any atom is -0.508 e. The summed E-state index contributed by atoms with van der Waals surface area (Å²) in [5, 5.41) is 10.2. The summed E-state index contributed by atoms with van der Waals surface area (Å²) in [4.78, 5) is 2.56. The maximum absolute atomic E-state index is 10.2. The SMILES string of the molecule is CCC(c1ccccc1O)N(CC)C1CCC(N)CC1. The molecule has 0 heterocycles. The van der Waals surface area contributed by atoms with Crippen molar-refractivity contribution in [3.05, 3.63) is 29.8 Å². The molecular weight excluding hydrogens is 248 g/mol. The summed E-state index contributed by atoms with van der Waals surface area (Å²) < 4.78 is 0. The Balaban J connectivity index is 2.17. The van der Waals surface area contributed by atoms with E-state index in [1.807, 2.05) is 12.1 Å². The van der Waals surface area contributed by atoms with E-state index >= 15 is 0 Å². The van der Waals surface area contributed by atoms with Crippen molar-refractivity contribution in [1.82, 2.24) is 4.90 Å². The lowest BCUT2D eigenvalue weighted by atomic mass is 9.88. The molecule has 0 saturated heterocycles. The molecule has 1 fully saturated rings. The van der Waals surface area contributed by atoms with Gasteiger partial charge >= 0.3 is 0 Å². The fraction of sp³-hybridized carbons (Fsp3) is 0.647. The monoisotopic (exact) mass is 276 g/mol. The molecule has 1 atom stereocenters. The molecule has 1 aromatic rings. The summed E-state index contributed by atoms with van der Waals surface area (Å²) in [5.41, 5.74) is 7.09. The zero-order valence-corrected chi connectivity index (χ0v) is 12.8. The molecule has 20 heavy (non-hydrogen) atoms. The van der Waals surface area contributed by atoms with Gasteiger partial charge in [-0.2, -0.15) is 0 Å². The van der Waals surface area contributed by atoms with E-state index in [4.69, 9.17) is 5.73 Å². The predicted octanol–water partition coefficient (Wildman–Crippen LogP) is 3.44. The maximum Gasteiger partial charge on any atom is 0.120 e. The molecule has 112 valence electrons. The molecule has 0 radical (unpaired) electrons. The van der Waals surface area contributed by atoms with Crippen LogP contribution in [0, 0.1) is 0 Å². The number of rotatable bonds is 5. The lowest BCUT2D eigenvalue weighted by Crippen LogP contribution is -2.42. The van der Waals surface area contributed by atoms with Gasteiger partial charge in [-0.05, 0) is 44.7 Å². The second-order valence-corrected chi connectivity index (χ2v) is 5.88. The number of aromatic hydroxyl groups is 1. The van der Waals surface area contributed by atoms with Crippen LogP contribution in [0.1, 0.15) is 57.6 Å². The number of para-hydroxylation sites is 1. The van der Waals surface area contributed by atoms with Gasteiger partial charge in [0.25, 0.3) is 0 Å². The number of nitrogens with zero attached hydrogens (tertiary/aromatic N) is 1. The molecule has 0 spiro atoms. The highest BCUT2D eigenvalue weighted by Gasteiger charge is 2.29. The van der Waals surface area contributed by atoms with Crippen LogP contribution in [0.25, 0.3) is 0 Å². The van der Waals surface area contributed by atoms with Crippen molar-refractivity contribution in [3.63, 3.8) is 0 Å². The van der Waals surface area contributed by atoms with E-state index in [9.17, 15) is 5.11 Å². The van der Waals surface area contributed by atoms with Crippen molar-refractivity contribution < 1.29 is 5.11 Å². The molecule has 1 aliphatic carbocycles. The maximum atomic E-state index is 10.2. The minimum absolute atomic E-state index is 0.306. The molecule has 3 N–H and O–H groups in total. The highest BCUT2D eigenvalue weighted by molar-refractivity contribution is 5.34. The van der Waals surface area contributed by atoms with Crippen molar-refractivity contribution in [2.75, 3.05) is 6.54 Å². The second-order valence-electron chi connectivity index (χ2n) is 5.88. The van der Waals surface area contributed by atoms with Gasteiger partial charge in [-0.25, -0.2) is 0 Å². The van der Waals surface area contributed by atoms with Crippen molar-refractivity contribution in [2.24, 2.45) is 5.73 Å². The Morgan fingerprint density at radius 3 is 2.40 bits per heavy atom. The number of phenolic OH excluding ortho intramolecular Hbond substituents is 1. The third kappa shape index (κ3) is 3.33. The van der Waals surface area contributed by atoms with Crippen molar-refractivity contribution >= 4 is 0 Å². The van der Waals surface area contributed by atoms with Crippen molar-refractivity contribution in [2.45, 2.75) is 64.1 Å². The summed E-state index contributed by atoms with van der Waals surface area (Å²) in [7, 11) is 0. The third-order valence-corrected chi connectivity index (χ3v) is 4.66. The van der Waals surface area contributed by atoms with Gasteiger partial charge in [0.15, 0.2) is 0 Å². The zero-order chi connectivity index (χ0) is 14.5. The molecular formula is C17H28N2O. The molecule has 2 rings (SSSR count). The largest absolute Gasteiger partial charge is 0.508 e. The summed E-state index contributed by atoms with van der Waals surface area (Å²) in [6.45, 7) is 5.44. The van der Waals surface area contributed by atoms with Crippen LogP contribution in [-0.2, 0) is 0 Å². The number of benzene rings is 1. The Bertz CT molecular complexity index is 413. The van der Waals surface area contributed by atoms with Crippen LogP contribution in [0.2, 0.25) is 0 Å². The number of phenols is 1. The molecule has 1 aliphatic rings. The van der Waals surface area contributed by atoms with Crippen LogP contribution in [0.5, 0.6) is 5.75 Å². The number of hydrogen-bond acceptors (Lipinski definition) is 3. The van der Waals surface area contributed by atoms with Crippen LogP contribution in [0.15, 0.2) is 24.3 Å². The first-order valence-corrected chi connectivity index (χ1v) is 7.96. The Hall–Kier alpha value is -1.06. The molecule has 0 bridgehead atoms. The van der Waals surface area contributed by atoms with Gasteiger partial charge in [-0.3, -0.25) is 4.90 Å². The molecule has 3 heteroatoms. The number of nitrogens with two attached hydrogens (primary N) is 1. The van der Waals surface area contributed by atoms with Crippen LogP contribution >= 0.6 is 0 Å². The van der Waals surface area contributed by atoms with Gasteiger partial charge in [0.2, 0.25) is 0 Å². The van der Waals surface area contributed by atoms with E-state index in [2.05, 4.69) is 24.8 Å². The topological polar surface area (TPSA) is 49.5 Å². The van der Waals surface area contributed by atoms with Gasteiger partial charge in [-0.1, -0.05) is 32.0 Å². The average Bonchev–Trinajstić information content (AvgIpc) is 2.47. The number of hydrogen-bond donors (Lipinski definition) is 2. The quantitative estimate of drug-likeness (QED) is 0.866. The Labute approximate surface area is 122 Å². The van der Waals surface area contributed by atoms with Crippen molar-refractivity contribution in [3.8, 4) is 5.75 Å².